The number of hydrogen-bond acceptors (Lipinski definition) is 6. The third-order valence-corrected chi connectivity index (χ3v) is 7.55. The number of para-hydroxylation sites is 1. The number of dihydropyridines is 1. The van der Waals surface area contributed by atoms with Crippen LogP contribution < -0.4 is 14.8 Å². The smallest absolute Gasteiger partial charge is 0.336 e. The van der Waals surface area contributed by atoms with Crippen molar-refractivity contribution in [2.24, 2.45) is 0 Å². The number of benzene rings is 3. The zero-order valence-electron chi connectivity index (χ0n) is 22.5. The summed E-state index contributed by atoms with van der Waals surface area (Å²) in [6, 6.07) is 25.4. The fourth-order valence-corrected chi connectivity index (χ4v) is 5.62. The molecule has 5 rings (SSSR count). The van der Waals surface area contributed by atoms with Crippen molar-refractivity contribution in [1.82, 2.24) is 5.32 Å². The van der Waals surface area contributed by atoms with Crippen molar-refractivity contribution in [1.29, 1.82) is 0 Å². The summed E-state index contributed by atoms with van der Waals surface area (Å²) in [5, 5.41) is 3.42. The second kappa shape index (κ2) is 11.6. The maximum Gasteiger partial charge on any atom is 0.336 e. The summed E-state index contributed by atoms with van der Waals surface area (Å²) in [7, 11) is 3.24. The van der Waals surface area contributed by atoms with E-state index in [1.165, 1.54) is 0 Å². The summed E-state index contributed by atoms with van der Waals surface area (Å²) in [6.45, 7) is 2.12. The Kier molecular flexibility index (Phi) is 7.82. The molecule has 1 aliphatic heterocycles. The monoisotopic (exact) mass is 523 g/mol. The number of nitrogens with one attached hydrogen (secondary N) is 1. The Morgan fingerprint density at radius 3 is 2.33 bits per heavy atom. The number of carbonyl (C=O) groups is 2. The van der Waals surface area contributed by atoms with Crippen LogP contribution >= 0.6 is 0 Å². The molecule has 3 aromatic rings. The van der Waals surface area contributed by atoms with Crippen molar-refractivity contribution >= 4 is 11.8 Å². The highest BCUT2D eigenvalue weighted by Gasteiger charge is 2.42. The number of carbonyl (C=O) groups excluding carboxylic acids is 2. The molecule has 0 bridgehead atoms. The number of esters is 1. The van der Waals surface area contributed by atoms with Crippen LogP contribution in [0, 0.1) is 0 Å². The van der Waals surface area contributed by atoms with Gasteiger partial charge in [-0.2, -0.15) is 0 Å². The van der Waals surface area contributed by atoms with Gasteiger partial charge in [0, 0.05) is 35.4 Å². The van der Waals surface area contributed by atoms with E-state index in [1.54, 1.807) is 14.2 Å². The van der Waals surface area contributed by atoms with Crippen LogP contribution in [-0.2, 0) is 20.7 Å². The molecule has 0 saturated heterocycles. The minimum atomic E-state index is -0.578. The fraction of sp³-hybridized carbons (Fsp3) is 0.273. The molecule has 1 aliphatic carbocycles. The molecule has 3 aromatic carbocycles. The first-order valence-corrected chi connectivity index (χ1v) is 13.2. The quantitative estimate of drug-likeness (QED) is 0.374. The molecular weight excluding hydrogens is 490 g/mol. The van der Waals surface area contributed by atoms with Gasteiger partial charge in [-0.15, -0.1) is 0 Å². The average Bonchev–Trinajstić information content (AvgIpc) is 2.96. The van der Waals surface area contributed by atoms with Crippen LogP contribution in [0.1, 0.15) is 48.3 Å². The van der Waals surface area contributed by atoms with E-state index in [0.717, 1.165) is 28.1 Å². The predicted molar refractivity (Wildman–Crippen MR) is 150 cm³/mol. The maximum absolute atomic E-state index is 13.9. The molecule has 6 nitrogen and oxygen atoms in total. The van der Waals surface area contributed by atoms with E-state index in [-0.39, 0.29) is 18.3 Å². The molecule has 2 aliphatic rings. The molecule has 6 heteroatoms. The largest absolute Gasteiger partial charge is 0.497 e. The second-order valence-corrected chi connectivity index (χ2v) is 9.90. The molecule has 0 aromatic heterocycles. The minimum absolute atomic E-state index is 0.0163. The maximum atomic E-state index is 13.9. The van der Waals surface area contributed by atoms with Crippen molar-refractivity contribution in [3.05, 3.63) is 118 Å². The standard InChI is InChI=1S/C33H33NO5/c1-21-30(33(36)39-18-17-22-9-5-4-6-10-22)31(26-11-7-8-12-29(26)38-3)32-27(34-21)19-24(20-28(32)35)23-13-15-25(37-2)16-14-23/h4-16,24,31,34H,17-20H2,1-3H3/t24-,31-/m1/s1. The number of ether oxygens (including phenoxy) is 3. The van der Waals surface area contributed by atoms with Crippen LogP contribution in [0.5, 0.6) is 11.5 Å². The van der Waals surface area contributed by atoms with Gasteiger partial charge < -0.3 is 19.5 Å². The fourth-order valence-electron chi connectivity index (χ4n) is 5.62. The molecule has 1 heterocycles. The Morgan fingerprint density at radius 2 is 1.62 bits per heavy atom. The number of ketones is 1. The molecule has 39 heavy (non-hydrogen) atoms. The van der Waals surface area contributed by atoms with Gasteiger partial charge in [-0.05, 0) is 48.6 Å². The van der Waals surface area contributed by atoms with Crippen molar-refractivity contribution in [3.8, 4) is 11.5 Å². The third kappa shape index (κ3) is 5.46. The van der Waals surface area contributed by atoms with Gasteiger partial charge >= 0.3 is 5.97 Å². The molecule has 0 fully saturated rings. The lowest BCUT2D eigenvalue weighted by Crippen LogP contribution is -2.36. The van der Waals surface area contributed by atoms with Gasteiger partial charge in [-0.25, -0.2) is 4.79 Å². The number of Topliss-reactive ketones (excluding diaryl/α,β-unsaturated/α-hetero) is 1. The van der Waals surface area contributed by atoms with E-state index in [9.17, 15) is 9.59 Å². The molecule has 0 saturated carbocycles. The Bertz CT molecular complexity index is 1420. The first-order chi connectivity index (χ1) is 19.0. The summed E-state index contributed by atoms with van der Waals surface area (Å²) in [6.07, 6.45) is 1.63. The van der Waals surface area contributed by atoms with Crippen LogP contribution in [0.3, 0.4) is 0 Å². The molecule has 0 spiro atoms. The Morgan fingerprint density at radius 1 is 0.897 bits per heavy atom. The van der Waals surface area contributed by atoms with E-state index in [2.05, 4.69) is 5.32 Å². The van der Waals surface area contributed by atoms with Gasteiger partial charge in [0.2, 0.25) is 0 Å². The lowest BCUT2D eigenvalue weighted by Gasteiger charge is -2.37. The summed E-state index contributed by atoms with van der Waals surface area (Å²) in [5.41, 5.74) is 5.56. The van der Waals surface area contributed by atoms with Crippen LogP contribution in [0.15, 0.2) is 101 Å². The molecular formula is C33H33NO5. The Hall–Kier alpha value is -4.32. The molecule has 0 unspecified atom stereocenters. The summed E-state index contributed by atoms with van der Waals surface area (Å²) >= 11 is 0. The number of hydrogen-bond donors (Lipinski definition) is 1. The topological polar surface area (TPSA) is 73.9 Å². The number of allylic oxidation sites excluding steroid dienone is 3. The average molecular weight is 524 g/mol. The van der Waals surface area contributed by atoms with Gasteiger partial charge in [-0.3, -0.25) is 4.79 Å². The van der Waals surface area contributed by atoms with Gasteiger partial charge in [0.1, 0.15) is 11.5 Å². The van der Waals surface area contributed by atoms with Gasteiger partial charge in [-0.1, -0.05) is 60.7 Å². The van der Waals surface area contributed by atoms with Gasteiger partial charge in [0.25, 0.3) is 0 Å². The molecule has 2 atom stereocenters. The van der Waals surface area contributed by atoms with E-state index in [1.807, 2.05) is 85.8 Å². The van der Waals surface area contributed by atoms with Crippen LogP contribution in [0.4, 0.5) is 0 Å². The summed E-state index contributed by atoms with van der Waals surface area (Å²) in [5.74, 6) is 0.447. The molecule has 0 amide bonds. The van der Waals surface area contributed by atoms with Crippen molar-refractivity contribution in [2.75, 3.05) is 20.8 Å². The Labute approximate surface area is 229 Å². The first-order valence-electron chi connectivity index (χ1n) is 13.2. The van der Waals surface area contributed by atoms with Gasteiger partial charge in [0.15, 0.2) is 5.78 Å². The highest BCUT2D eigenvalue weighted by Crippen LogP contribution is 2.47. The SMILES string of the molecule is COc1ccc([C@H]2CC(=O)C3=C(C2)NC(C)=C(C(=O)OCCc2ccccc2)[C@H]3c2ccccc2OC)cc1. The van der Waals surface area contributed by atoms with Crippen LogP contribution in [0.25, 0.3) is 0 Å². The zero-order chi connectivity index (χ0) is 27.4. The highest BCUT2D eigenvalue weighted by atomic mass is 16.5. The lowest BCUT2D eigenvalue weighted by atomic mass is 9.71. The molecule has 1 N–H and O–H groups in total. The van der Waals surface area contributed by atoms with Gasteiger partial charge in [0.05, 0.1) is 32.3 Å². The lowest BCUT2D eigenvalue weighted by molar-refractivity contribution is -0.139. The Balaban J connectivity index is 1.48. The highest BCUT2D eigenvalue weighted by molar-refractivity contribution is 6.04. The van der Waals surface area contributed by atoms with E-state index in [0.29, 0.717) is 41.9 Å². The normalized spacial score (nSPS) is 18.8. The summed E-state index contributed by atoms with van der Waals surface area (Å²) in [4.78, 5) is 27.5. The van der Waals surface area contributed by atoms with E-state index < -0.39 is 11.9 Å². The van der Waals surface area contributed by atoms with Crippen molar-refractivity contribution in [3.63, 3.8) is 0 Å². The van der Waals surface area contributed by atoms with Crippen molar-refractivity contribution in [2.45, 2.75) is 38.0 Å². The first kappa shape index (κ1) is 26.3. The second-order valence-electron chi connectivity index (χ2n) is 9.90. The number of rotatable bonds is 8. The number of methoxy groups -OCH3 is 2. The van der Waals surface area contributed by atoms with E-state index >= 15 is 0 Å². The summed E-state index contributed by atoms with van der Waals surface area (Å²) < 4.78 is 16.8. The van der Waals surface area contributed by atoms with Crippen LogP contribution in [0.2, 0.25) is 0 Å². The van der Waals surface area contributed by atoms with E-state index in [4.69, 9.17) is 14.2 Å². The minimum Gasteiger partial charge on any atom is -0.497 e. The zero-order valence-corrected chi connectivity index (χ0v) is 22.5. The predicted octanol–water partition coefficient (Wildman–Crippen LogP) is 5.85. The third-order valence-electron chi connectivity index (χ3n) is 7.55. The van der Waals surface area contributed by atoms with Crippen molar-refractivity contribution < 1.29 is 23.8 Å². The molecule has 200 valence electrons. The van der Waals surface area contributed by atoms with Crippen LogP contribution in [-0.4, -0.2) is 32.6 Å². The molecule has 0 radical (unpaired) electrons.